The summed E-state index contributed by atoms with van der Waals surface area (Å²) in [7, 11) is 0. The van der Waals surface area contributed by atoms with E-state index in [1.165, 1.54) is 0 Å². The molecule has 0 atom stereocenters. The monoisotopic (exact) mass is 340 g/mol. The molecule has 0 radical (unpaired) electrons. The van der Waals surface area contributed by atoms with Crippen LogP contribution in [0.15, 0.2) is 11.6 Å². The highest BCUT2D eigenvalue weighted by molar-refractivity contribution is 14.1. The topological polar surface area (TPSA) is 13.0 Å². The Morgan fingerprint density at radius 1 is 1.07 bits per heavy atom. The van der Waals surface area contributed by atoms with Gasteiger partial charge in [0.1, 0.15) is 3.67 Å². The van der Waals surface area contributed by atoms with Crippen LogP contribution < -0.4 is 0 Å². The first-order valence-electron chi connectivity index (χ1n) is 5.11. The molecule has 4 aliphatic rings. The number of nitrogens with zero attached hydrogens (tertiary/aromatic N) is 4. The molecule has 0 unspecified atom stereocenters. The molecule has 4 saturated heterocycles. The molecule has 0 N–H and O–H groups in total. The third kappa shape index (κ3) is 1.64. The maximum atomic E-state index is 5.64. The summed E-state index contributed by atoms with van der Waals surface area (Å²) in [5.74, 6) is 0. The number of hydrogen-bond donors (Lipinski definition) is 0. The second kappa shape index (κ2) is 3.82. The Bertz CT molecular complexity index is 268. The normalized spacial score (nSPS) is 52.9. The average Bonchev–Trinajstić information content (AvgIpc) is 2.22. The van der Waals surface area contributed by atoms with Crippen LogP contribution in [0.2, 0.25) is 0 Å². The largest absolute Gasteiger partial charge is 0.264 e. The first-order valence-corrected chi connectivity index (χ1v) is 6.63. The number of halogens is 2. The van der Waals surface area contributed by atoms with Gasteiger partial charge in [-0.05, 0) is 22.6 Å². The minimum Gasteiger partial charge on any atom is -0.264 e. The molecule has 0 aromatic carbocycles. The lowest BCUT2D eigenvalue weighted by Crippen LogP contribution is -2.79. The Labute approximate surface area is 109 Å². The van der Waals surface area contributed by atoms with Crippen molar-refractivity contribution in [1.29, 1.82) is 0 Å². The van der Waals surface area contributed by atoms with E-state index in [2.05, 4.69) is 48.3 Å². The summed E-state index contributed by atoms with van der Waals surface area (Å²) >= 11 is 8.21. The van der Waals surface area contributed by atoms with E-state index in [0.29, 0.717) is 0 Å². The molecule has 0 saturated carbocycles. The van der Waals surface area contributed by atoms with E-state index in [1.807, 2.05) is 0 Å². The Balaban J connectivity index is 1.84. The van der Waals surface area contributed by atoms with E-state index >= 15 is 0 Å². The van der Waals surface area contributed by atoms with Crippen molar-refractivity contribution in [2.45, 2.75) is 10.1 Å². The highest BCUT2D eigenvalue weighted by Gasteiger charge is 2.51. The lowest BCUT2D eigenvalue weighted by Gasteiger charge is -2.64. The van der Waals surface area contributed by atoms with Gasteiger partial charge in [0.05, 0.1) is 33.3 Å². The van der Waals surface area contributed by atoms with E-state index < -0.39 is 0 Å². The summed E-state index contributed by atoms with van der Waals surface area (Å²) in [5, 5.41) is 0. The molecule has 0 aliphatic carbocycles. The SMILES string of the molecule is ClC=CCC1(I)N2CN3CN(C2)CN1C3. The van der Waals surface area contributed by atoms with Crippen molar-refractivity contribution in [1.82, 2.24) is 19.6 Å². The lowest BCUT2D eigenvalue weighted by molar-refractivity contribution is -0.236. The lowest BCUT2D eigenvalue weighted by atomic mass is 10.2. The zero-order valence-corrected chi connectivity index (χ0v) is 11.4. The molecular formula is C9H14ClIN4. The van der Waals surface area contributed by atoms with Gasteiger partial charge in [-0.1, -0.05) is 17.7 Å². The van der Waals surface area contributed by atoms with Crippen LogP contribution in [0, 0.1) is 0 Å². The van der Waals surface area contributed by atoms with Crippen LogP contribution in [-0.4, -0.2) is 56.6 Å². The summed E-state index contributed by atoms with van der Waals surface area (Å²) < 4.78 is 0.135. The molecule has 4 fully saturated rings. The standard InChI is InChI=1S/C9H14ClIN4/c10-3-1-2-9(11)14-5-12-4-13(7-14)8-15(9)6-12/h1,3H,2,4-8H2. The second-order valence-electron chi connectivity index (χ2n) is 4.41. The molecule has 6 heteroatoms. The minimum absolute atomic E-state index is 0.135. The molecular weight excluding hydrogens is 326 g/mol. The maximum Gasteiger partial charge on any atom is 0.135 e. The number of hydrogen-bond acceptors (Lipinski definition) is 4. The van der Waals surface area contributed by atoms with E-state index in [9.17, 15) is 0 Å². The second-order valence-corrected chi connectivity index (χ2v) is 6.39. The van der Waals surface area contributed by atoms with Crippen molar-refractivity contribution in [2.24, 2.45) is 0 Å². The molecule has 4 rings (SSSR count). The third-order valence-corrected chi connectivity index (χ3v) is 5.30. The van der Waals surface area contributed by atoms with E-state index in [-0.39, 0.29) is 3.67 Å². The van der Waals surface area contributed by atoms with E-state index in [1.54, 1.807) is 5.54 Å². The van der Waals surface area contributed by atoms with Crippen molar-refractivity contribution >= 4 is 34.2 Å². The number of alkyl halides is 1. The van der Waals surface area contributed by atoms with Crippen molar-refractivity contribution in [3.05, 3.63) is 11.6 Å². The van der Waals surface area contributed by atoms with Gasteiger partial charge < -0.3 is 0 Å². The van der Waals surface area contributed by atoms with Crippen LogP contribution in [0.3, 0.4) is 0 Å². The first-order chi connectivity index (χ1) is 7.22. The van der Waals surface area contributed by atoms with Gasteiger partial charge >= 0.3 is 0 Å². The molecule has 15 heavy (non-hydrogen) atoms. The Hall–Kier alpha value is 0.600. The smallest absolute Gasteiger partial charge is 0.135 e. The van der Waals surface area contributed by atoms with Crippen LogP contribution in [0.5, 0.6) is 0 Å². The van der Waals surface area contributed by atoms with Crippen molar-refractivity contribution in [3.63, 3.8) is 0 Å². The molecule has 4 nitrogen and oxygen atoms in total. The van der Waals surface area contributed by atoms with Gasteiger partial charge in [-0.25, -0.2) is 0 Å². The summed E-state index contributed by atoms with van der Waals surface area (Å²) in [4.78, 5) is 9.96. The van der Waals surface area contributed by atoms with Gasteiger partial charge in [0.2, 0.25) is 0 Å². The van der Waals surface area contributed by atoms with Gasteiger partial charge in [0.25, 0.3) is 0 Å². The Morgan fingerprint density at radius 3 is 2.07 bits per heavy atom. The molecule has 4 heterocycles. The minimum atomic E-state index is 0.135. The van der Waals surface area contributed by atoms with Crippen LogP contribution >= 0.6 is 34.2 Å². The van der Waals surface area contributed by atoms with Crippen molar-refractivity contribution in [3.8, 4) is 0 Å². The number of rotatable bonds is 2. The van der Waals surface area contributed by atoms with Crippen LogP contribution in [0.1, 0.15) is 6.42 Å². The van der Waals surface area contributed by atoms with Crippen LogP contribution in [0.25, 0.3) is 0 Å². The predicted octanol–water partition coefficient (Wildman–Crippen LogP) is 1.25. The zero-order valence-electron chi connectivity index (χ0n) is 8.44. The molecule has 84 valence electrons. The Morgan fingerprint density at radius 2 is 1.60 bits per heavy atom. The molecule has 0 spiro atoms. The summed E-state index contributed by atoms with van der Waals surface area (Å²) in [5.41, 5.74) is 1.63. The van der Waals surface area contributed by atoms with Gasteiger partial charge in [-0.15, -0.1) is 0 Å². The summed E-state index contributed by atoms with van der Waals surface area (Å²) in [6.07, 6.45) is 3.06. The highest BCUT2D eigenvalue weighted by Crippen LogP contribution is 2.41. The maximum absolute atomic E-state index is 5.64. The molecule has 4 aliphatic heterocycles. The highest BCUT2D eigenvalue weighted by atomic mass is 127. The van der Waals surface area contributed by atoms with Gasteiger partial charge in [-0.2, -0.15) is 0 Å². The first kappa shape index (κ1) is 10.7. The molecule has 0 aromatic heterocycles. The Kier molecular flexibility index (Phi) is 2.73. The quantitative estimate of drug-likeness (QED) is 0.426. The third-order valence-electron chi connectivity index (χ3n) is 3.32. The van der Waals surface area contributed by atoms with Crippen LogP contribution in [-0.2, 0) is 0 Å². The van der Waals surface area contributed by atoms with E-state index in [4.69, 9.17) is 11.6 Å². The van der Waals surface area contributed by atoms with Crippen molar-refractivity contribution < 1.29 is 0 Å². The summed E-state index contributed by atoms with van der Waals surface area (Å²) in [6.45, 7) is 5.49. The molecule has 4 bridgehead atoms. The average molecular weight is 341 g/mol. The zero-order chi connectivity index (χ0) is 10.5. The molecule has 0 aromatic rings. The van der Waals surface area contributed by atoms with Gasteiger partial charge in [0.15, 0.2) is 0 Å². The summed E-state index contributed by atoms with van der Waals surface area (Å²) in [6, 6.07) is 0. The van der Waals surface area contributed by atoms with Gasteiger partial charge in [-0.3, -0.25) is 19.6 Å². The fourth-order valence-corrected chi connectivity index (χ4v) is 3.65. The van der Waals surface area contributed by atoms with Crippen molar-refractivity contribution in [2.75, 3.05) is 33.3 Å². The molecule has 0 amide bonds. The van der Waals surface area contributed by atoms with Crippen LogP contribution in [0.4, 0.5) is 0 Å². The van der Waals surface area contributed by atoms with Gasteiger partial charge in [0, 0.05) is 12.0 Å². The predicted molar refractivity (Wildman–Crippen MR) is 68.1 cm³/mol. The fraction of sp³-hybridized carbons (Fsp3) is 0.778. The fourth-order valence-electron chi connectivity index (χ4n) is 2.69. The van der Waals surface area contributed by atoms with E-state index in [0.717, 1.165) is 39.8 Å².